The van der Waals surface area contributed by atoms with Gasteiger partial charge in [-0.3, -0.25) is 4.79 Å². The molecule has 0 aromatic rings. The van der Waals surface area contributed by atoms with Crippen molar-refractivity contribution in [3.8, 4) is 0 Å². The fourth-order valence-electron chi connectivity index (χ4n) is 2.76. The molecule has 3 atom stereocenters. The molecule has 0 amide bonds. The van der Waals surface area contributed by atoms with E-state index in [-0.39, 0.29) is 18.9 Å². The second-order valence-corrected chi connectivity index (χ2v) is 4.58. The topological polar surface area (TPSA) is 66.4 Å². The van der Waals surface area contributed by atoms with Crippen LogP contribution in [0, 0.1) is 11.8 Å². The minimum Gasteiger partial charge on any atom is -0.550 e. The summed E-state index contributed by atoms with van der Waals surface area (Å²) in [6.07, 6.45) is 4.33. The first-order valence-electron chi connectivity index (χ1n) is 5.54. The Morgan fingerprint density at radius 1 is 1.20 bits per heavy atom. The van der Waals surface area contributed by atoms with Gasteiger partial charge in [-0.15, -0.1) is 0 Å². The van der Waals surface area contributed by atoms with Gasteiger partial charge in [0.25, 0.3) is 0 Å². The van der Waals surface area contributed by atoms with Gasteiger partial charge in [-0.25, -0.2) is 0 Å². The van der Waals surface area contributed by atoms with Crippen LogP contribution in [0.2, 0.25) is 0 Å². The van der Waals surface area contributed by atoms with Crippen LogP contribution in [-0.4, -0.2) is 18.0 Å². The third-order valence-corrected chi connectivity index (χ3v) is 3.49. The standard InChI is InChI=1S/C11H16O4/c12-10(13)3-4-11(14)15-9-6-7-1-2-8(9)5-7/h7-9H,1-6H2,(H,12,13)/p-1. The van der Waals surface area contributed by atoms with Crippen LogP contribution in [0.5, 0.6) is 0 Å². The Balaban J connectivity index is 1.73. The zero-order valence-electron chi connectivity index (χ0n) is 8.61. The van der Waals surface area contributed by atoms with Crippen LogP contribution in [0.15, 0.2) is 0 Å². The van der Waals surface area contributed by atoms with Crippen LogP contribution in [0.25, 0.3) is 0 Å². The molecule has 0 aliphatic heterocycles. The second kappa shape index (κ2) is 4.21. The van der Waals surface area contributed by atoms with Crippen LogP contribution in [0.1, 0.15) is 38.5 Å². The molecule has 0 aromatic carbocycles. The first-order chi connectivity index (χ1) is 7.15. The lowest BCUT2D eigenvalue weighted by molar-refractivity contribution is -0.305. The van der Waals surface area contributed by atoms with Crippen LogP contribution in [0.4, 0.5) is 0 Å². The summed E-state index contributed by atoms with van der Waals surface area (Å²) in [6.45, 7) is 0. The van der Waals surface area contributed by atoms with Crippen LogP contribution >= 0.6 is 0 Å². The number of aliphatic carboxylic acids is 1. The van der Waals surface area contributed by atoms with Crippen molar-refractivity contribution in [1.29, 1.82) is 0 Å². The van der Waals surface area contributed by atoms with Gasteiger partial charge in [0.15, 0.2) is 0 Å². The molecule has 2 aliphatic carbocycles. The summed E-state index contributed by atoms with van der Waals surface area (Å²) in [6, 6.07) is 0. The van der Waals surface area contributed by atoms with E-state index in [4.69, 9.17) is 4.74 Å². The maximum atomic E-state index is 11.3. The number of hydrogen-bond acceptors (Lipinski definition) is 4. The molecule has 0 heterocycles. The van der Waals surface area contributed by atoms with E-state index in [0.717, 1.165) is 18.8 Å². The Morgan fingerprint density at radius 3 is 2.53 bits per heavy atom. The quantitative estimate of drug-likeness (QED) is 0.625. The van der Waals surface area contributed by atoms with Gasteiger partial charge < -0.3 is 14.6 Å². The second-order valence-electron chi connectivity index (χ2n) is 4.58. The first kappa shape index (κ1) is 10.5. The molecule has 2 aliphatic rings. The van der Waals surface area contributed by atoms with E-state index in [9.17, 15) is 14.7 Å². The zero-order chi connectivity index (χ0) is 10.8. The van der Waals surface area contributed by atoms with E-state index in [1.807, 2.05) is 0 Å². The number of hydrogen-bond donors (Lipinski definition) is 0. The Hall–Kier alpha value is -1.06. The Labute approximate surface area is 88.6 Å². The normalized spacial score (nSPS) is 32.9. The summed E-state index contributed by atoms with van der Waals surface area (Å²) in [5.74, 6) is -0.326. The van der Waals surface area contributed by atoms with Crippen LogP contribution in [0.3, 0.4) is 0 Å². The van der Waals surface area contributed by atoms with Crippen molar-refractivity contribution in [2.75, 3.05) is 0 Å². The predicted molar refractivity (Wildman–Crippen MR) is 49.6 cm³/mol. The Kier molecular flexibility index (Phi) is 2.93. The molecule has 4 nitrogen and oxygen atoms in total. The molecule has 0 spiro atoms. The van der Waals surface area contributed by atoms with E-state index in [2.05, 4.69) is 0 Å². The summed E-state index contributed by atoms with van der Waals surface area (Å²) in [4.78, 5) is 21.4. The van der Waals surface area contributed by atoms with Crippen LogP contribution < -0.4 is 5.11 Å². The number of carbonyl (C=O) groups is 2. The molecular weight excluding hydrogens is 196 g/mol. The Morgan fingerprint density at radius 2 is 2.00 bits per heavy atom. The Bertz CT molecular complexity index is 274. The highest BCUT2D eigenvalue weighted by molar-refractivity contribution is 5.75. The minimum absolute atomic E-state index is 0.0537. The van der Waals surface area contributed by atoms with Gasteiger partial charge in [-0.1, -0.05) is 0 Å². The molecule has 2 bridgehead atoms. The van der Waals surface area contributed by atoms with E-state index in [1.165, 1.54) is 12.8 Å². The molecule has 0 radical (unpaired) electrons. The predicted octanol–water partition coefficient (Wildman–Crippen LogP) is 0.248. The molecular formula is C11H15O4-. The summed E-state index contributed by atoms with van der Waals surface area (Å²) >= 11 is 0. The average Bonchev–Trinajstić information content (AvgIpc) is 2.76. The maximum Gasteiger partial charge on any atom is 0.306 e. The van der Waals surface area contributed by atoms with Crippen molar-refractivity contribution in [3.05, 3.63) is 0 Å². The van der Waals surface area contributed by atoms with E-state index in [0.29, 0.717) is 5.92 Å². The van der Waals surface area contributed by atoms with E-state index < -0.39 is 11.9 Å². The monoisotopic (exact) mass is 211 g/mol. The molecule has 15 heavy (non-hydrogen) atoms. The smallest absolute Gasteiger partial charge is 0.306 e. The number of carbonyl (C=O) groups excluding carboxylic acids is 2. The lowest BCUT2D eigenvalue weighted by Crippen LogP contribution is -2.26. The largest absolute Gasteiger partial charge is 0.550 e. The van der Waals surface area contributed by atoms with Gasteiger partial charge in [0, 0.05) is 5.97 Å². The summed E-state index contributed by atoms with van der Waals surface area (Å²) in [5, 5.41) is 10.1. The van der Waals surface area contributed by atoms with Crippen molar-refractivity contribution >= 4 is 11.9 Å². The highest BCUT2D eigenvalue weighted by Gasteiger charge is 2.41. The summed E-state index contributed by atoms with van der Waals surface area (Å²) < 4.78 is 5.27. The van der Waals surface area contributed by atoms with Crippen molar-refractivity contribution in [2.45, 2.75) is 44.6 Å². The first-order valence-corrected chi connectivity index (χ1v) is 5.54. The fraction of sp³-hybridized carbons (Fsp3) is 0.818. The zero-order valence-corrected chi connectivity index (χ0v) is 8.61. The molecule has 0 N–H and O–H groups in total. The fourth-order valence-corrected chi connectivity index (χ4v) is 2.76. The van der Waals surface area contributed by atoms with Crippen molar-refractivity contribution < 1.29 is 19.4 Å². The SMILES string of the molecule is O=C([O-])CCC(=O)OC1CC2CCC1C2. The number of carboxylic acid groups (broad SMARTS) is 1. The highest BCUT2D eigenvalue weighted by Crippen LogP contribution is 2.45. The number of ether oxygens (including phenoxy) is 1. The molecule has 2 fully saturated rings. The van der Waals surface area contributed by atoms with Crippen molar-refractivity contribution in [1.82, 2.24) is 0 Å². The molecule has 2 rings (SSSR count). The van der Waals surface area contributed by atoms with Gasteiger partial charge in [-0.05, 0) is 43.9 Å². The third-order valence-electron chi connectivity index (χ3n) is 3.49. The van der Waals surface area contributed by atoms with Crippen molar-refractivity contribution in [3.63, 3.8) is 0 Å². The molecule has 0 aromatic heterocycles. The average molecular weight is 211 g/mol. The molecule has 84 valence electrons. The van der Waals surface area contributed by atoms with Gasteiger partial charge >= 0.3 is 5.97 Å². The summed E-state index contributed by atoms with van der Waals surface area (Å²) in [5.41, 5.74) is 0. The number of fused-ring (bicyclic) bond motifs is 2. The molecule has 4 heteroatoms. The van der Waals surface area contributed by atoms with Gasteiger partial charge in [0.1, 0.15) is 6.10 Å². The molecule has 2 saturated carbocycles. The van der Waals surface area contributed by atoms with Gasteiger partial charge in [-0.2, -0.15) is 0 Å². The lowest BCUT2D eigenvalue weighted by Gasteiger charge is -2.21. The molecule has 0 saturated heterocycles. The lowest BCUT2D eigenvalue weighted by atomic mass is 9.98. The number of esters is 1. The highest BCUT2D eigenvalue weighted by atomic mass is 16.5. The van der Waals surface area contributed by atoms with Gasteiger partial charge in [0.05, 0.1) is 6.42 Å². The number of rotatable bonds is 4. The van der Waals surface area contributed by atoms with Crippen molar-refractivity contribution in [2.24, 2.45) is 11.8 Å². The summed E-state index contributed by atoms with van der Waals surface area (Å²) in [7, 11) is 0. The van der Waals surface area contributed by atoms with E-state index >= 15 is 0 Å². The molecule has 3 unspecified atom stereocenters. The minimum atomic E-state index is -1.19. The van der Waals surface area contributed by atoms with E-state index in [1.54, 1.807) is 0 Å². The van der Waals surface area contributed by atoms with Crippen LogP contribution in [-0.2, 0) is 14.3 Å². The van der Waals surface area contributed by atoms with Gasteiger partial charge in [0.2, 0.25) is 0 Å². The number of carboxylic acids is 1. The third kappa shape index (κ3) is 2.49. The maximum absolute atomic E-state index is 11.3.